The van der Waals surface area contributed by atoms with Crippen molar-refractivity contribution in [3.63, 3.8) is 0 Å². The van der Waals surface area contributed by atoms with Crippen LogP contribution in [-0.2, 0) is 0 Å². The Morgan fingerprint density at radius 2 is 0.870 bits per heavy atom. The van der Waals surface area contributed by atoms with E-state index in [0.29, 0.717) is 5.92 Å². The van der Waals surface area contributed by atoms with Gasteiger partial charge in [0.15, 0.2) is 0 Å². The topological polar surface area (TPSA) is 6.48 Å². The zero-order valence-corrected chi connectivity index (χ0v) is 29.8. The summed E-state index contributed by atoms with van der Waals surface area (Å²) in [7, 11) is 0. The lowest BCUT2D eigenvalue weighted by molar-refractivity contribution is 0.643. The molecule has 0 radical (unpaired) electrons. The molecule has 2 unspecified atom stereocenters. The fourth-order valence-corrected chi connectivity index (χ4v) is 8.46. The molecule has 2 atom stereocenters. The van der Waals surface area contributed by atoms with Gasteiger partial charge in [0.05, 0.1) is 5.69 Å². The SMILES string of the molecule is C1=CC2C(N(c3ccccc3)c3ccc(-c4ccc(N(c5ccccc5)c5cc6ccccc6c6ccccc56)cc4)cc3)=Cc3ccccc3C2C=C1. The average molecular weight is 691 g/mol. The van der Waals surface area contributed by atoms with Crippen molar-refractivity contribution < 1.29 is 0 Å². The van der Waals surface area contributed by atoms with Crippen molar-refractivity contribution in [1.29, 1.82) is 0 Å². The summed E-state index contributed by atoms with van der Waals surface area (Å²) in [6, 6.07) is 68.1. The van der Waals surface area contributed by atoms with Crippen LogP contribution in [0, 0.1) is 5.92 Å². The van der Waals surface area contributed by atoms with Crippen molar-refractivity contribution in [3.05, 3.63) is 229 Å². The van der Waals surface area contributed by atoms with Gasteiger partial charge in [0.2, 0.25) is 0 Å². The Bertz CT molecular complexity index is 2710. The number of anilines is 5. The van der Waals surface area contributed by atoms with E-state index >= 15 is 0 Å². The monoisotopic (exact) mass is 690 g/mol. The number of hydrogen-bond donors (Lipinski definition) is 0. The van der Waals surface area contributed by atoms with Gasteiger partial charge in [-0.25, -0.2) is 0 Å². The van der Waals surface area contributed by atoms with E-state index in [1.54, 1.807) is 0 Å². The number of fused-ring (bicyclic) bond motifs is 6. The van der Waals surface area contributed by atoms with E-state index in [4.69, 9.17) is 0 Å². The Kier molecular flexibility index (Phi) is 8.00. The first-order valence-electron chi connectivity index (χ1n) is 18.8. The summed E-state index contributed by atoms with van der Waals surface area (Å²) in [4.78, 5) is 4.83. The first-order valence-corrected chi connectivity index (χ1v) is 18.8. The van der Waals surface area contributed by atoms with Gasteiger partial charge in [-0.05, 0) is 99.1 Å². The Morgan fingerprint density at radius 1 is 0.370 bits per heavy atom. The summed E-state index contributed by atoms with van der Waals surface area (Å²) in [6.07, 6.45) is 11.5. The first-order chi connectivity index (χ1) is 26.8. The molecule has 0 aromatic heterocycles. The minimum Gasteiger partial charge on any atom is -0.314 e. The smallest absolute Gasteiger partial charge is 0.0546 e. The molecular formula is C52H38N2. The van der Waals surface area contributed by atoms with Gasteiger partial charge in [-0.15, -0.1) is 0 Å². The zero-order valence-electron chi connectivity index (χ0n) is 29.8. The summed E-state index contributed by atoms with van der Waals surface area (Å²) < 4.78 is 0. The van der Waals surface area contributed by atoms with Gasteiger partial charge in [-0.1, -0.05) is 158 Å². The highest BCUT2D eigenvalue weighted by molar-refractivity contribution is 6.14. The number of rotatable bonds is 7. The fourth-order valence-electron chi connectivity index (χ4n) is 8.46. The number of allylic oxidation sites excluding steroid dienone is 4. The van der Waals surface area contributed by atoms with Crippen molar-refractivity contribution in [2.45, 2.75) is 5.92 Å². The van der Waals surface area contributed by atoms with Gasteiger partial charge in [0.25, 0.3) is 0 Å². The molecular weight excluding hydrogens is 653 g/mol. The Hall–Kier alpha value is -6.90. The van der Waals surface area contributed by atoms with Gasteiger partial charge in [0, 0.05) is 45.7 Å². The van der Waals surface area contributed by atoms with Crippen LogP contribution in [0.4, 0.5) is 28.4 Å². The van der Waals surface area contributed by atoms with Crippen LogP contribution in [0.25, 0.3) is 38.7 Å². The molecule has 2 aliphatic rings. The first kappa shape index (κ1) is 31.8. The van der Waals surface area contributed by atoms with Gasteiger partial charge in [-0.2, -0.15) is 0 Å². The summed E-state index contributed by atoms with van der Waals surface area (Å²) >= 11 is 0. The summed E-state index contributed by atoms with van der Waals surface area (Å²) in [5.41, 5.74) is 12.0. The van der Waals surface area contributed by atoms with Crippen LogP contribution in [0.3, 0.4) is 0 Å². The third kappa shape index (κ3) is 5.60. The van der Waals surface area contributed by atoms with Gasteiger partial charge in [-0.3, -0.25) is 0 Å². The summed E-state index contributed by atoms with van der Waals surface area (Å²) in [5, 5.41) is 4.98. The molecule has 0 saturated carbocycles. The second-order valence-electron chi connectivity index (χ2n) is 14.1. The molecule has 0 heterocycles. The third-order valence-corrected chi connectivity index (χ3v) is 11.0. The van der Waals surface area contributed by atoms with Crippen LogP contribution in [0.2, 0.25) is 0 Å². The third-order valence-electron chi connectivity index (χ3n) is 11.0. The van der Waals surface area contributed by atoms with Crippen molar-refractivity contribution in [1.82, 2.24) is 0 Å². The molecule has 8 aromatic carbocycles. The van der Waals surface area contributed by atoms with Crippen LogP contribution in [-0.4, -0.2) is 0 Å². The van der Waals surface area contributed by atoms with Crippen molar-refractivity contribution in [3.8, 4) is 11.1 Å². The predicted molar refractivity (Wildman–Crippen MR) is 229 cm³/mol. The standard InChI is InChI=1S/C52H38N2/c1-3-17-41(18-4-1)53(51-35-39-15-7-9-21-45(39)47-23-11-13-25-49(47)51)43-31-27-37(28-32-43)38-29-33-44(34-30-38)54(42-19-5-2-6-20-42)52-36-40-16-8-10-22-46(40)48-24-12-14-26-50(48)52/h1-36,47,49H. The normalized spacial score (nSPS) is 15.7. The maximum absolute atomic E-state index is 2.44. The van der Waals surface area contributed by atoms with Crippen LogP contribution in [0.1, 0.15) is 17.0 Å². The molecule has 2 nitrogen and oxygen atoms in total. The minimum absolute atomic E-state index is 0.240. The number of nitrogens with zero attached hydrogens (tertiary/aromatic N) is 2. The Labute approximate surface area is 316 Å². The molecule has 8 aromatic rings. The summed E-state index contributed by atoms with van der Waals surface area (Å²) in [6.45, 7) is 0. The van der Waals surface area contributed by atoms with Gasteiger partial charge >= 0.3 is 0 Å². The lowest BCUT2D eigenvalue weighted by Gasteiger charge is -2.39. The molecule has 2 heteroatoms. The molecule has 0 N–H and O–H groups in total. The highest BCUT2D eigenvalue weighted by Gasteiger charge is 2.33. The molecule has 0 bridgehead atoms. The average Bonchev–Trinajstić information content (AvgIpc) is 3.25. The van der Waals surface area contributed by atoms with Crippen molar-refractivity contribution in [2.24, 2.45) is 5.92 Å². The van der Waals surface area contributed by atoms with Crippen molar-refractivity contribution >= 4 is 56.1 Å². The van der Waals surface area contributed by atoms with E-state index in [-0.39, 0.29) is 5.92 Å². The van der Waals surface area contributed by atoms with Crippen LogP contribution in [0.5, 0.6) is 0 Å². The van der Waals surface area contributed by atoms with Crippen molar-refractivity contribution in [2.75, 3.05) is 9.80 Å². The molecule has 10 rings (SSSR count). The largest absolute Gasteiger partial charge is 0.314 e. The van der Waals surface area contributed by atoms with E-state index in [9.17, 15) is 0 Å². The van der Waals surface area contributed by atoms with Crippen LogP contribution < -0.4 is 9.80 Å². The lowest BCUT2D eigenvalue weighted by Crippen LogP contribution is -2.28. The maximum Gasteiger partial charge on any atom is 0.0546 e. The fraction of sp³-hybridized carbons (Fsp3) is 0.0385. The van der Waals surface area contributed by atoms with Gasteiger partial charge < -0.3 is 9.80 Å². The molecule has 0 fully saturated rings. The predicted octanol–water partition coefficient (Wildman–Crippen LogP) is 14.1. The Morgan fingerprint density at radius 3 is 1.56 bits per heavy atom. The molecule has 0 aliphatic heterocycles. The minimum atomic E-state index is 0.240. The van der Waals surface area contributed by atoms with E-state index < -0.39 is 0 Å². The van der Waals surface area contributed by atoms with Crippen LogP contribution in [0.15, 0.2) is 218 Å². The number of hydrogen-bond acceptors (Lipinski definition) is 2. The summed E-state index contributed by atoms with van der Waals surface area (Å²) in [5.74, 6) is 0.544. The molecule has 0 spiro atoms. The van der Waals surface area contributed by atoms with Gasteiger partial charge in [0.1, 0.15) is 0 Å². The van der Waals surface area contributed by atoms with E-state index in [1.807, 2.05) is 0 Å². The molecule has 0 amide bonds. The van der Waals surface area contributed by atoms with E-state index in [1.165, 1.54) is 55.2 Å². The second kappa shape index (κ2) is 13.6. The molecule has 2 aliphatic carbocycles. The molecule has 54 heavy (non-hydrogen) atoms. The zero-order chi connectivity index (χ0) is 35.8. The quantitative estimate of drug-likeness (QED) is 0.154. The van der Waals surface area contributed by atoms with Crippen LogP contribution >= 0.6 is 0 Å². The van der Waals surface area contributed by atoms with E-state index in [2.05, 4.69) is 228 Å². The lowest BCUT2D eigenvalue weighted by atomic mass is 9.74. The molecule has 256 valence electrons. The second-order valence-corrected chi connectivity index (χ2v) is 14.1. The Balaban J connectivity index is 1.03. The van der Waals surface area contributed by atoms with E-state index in [0.717, 1.165) is 22.7 Å². The number of para-hydroxylation sites is 2. The number of benzene rings is 8. The molecule has 0 saturated heterocycles. The highest BCUT2D eigenvalue weighted by Crippen LogP contribution is 2.47. The maximum atomic E-state index is 2.44. The highest BCUT2D eigenvalue weighted by atomic mass is 15.2.